The number of rotatable bonds is 3. The lowest BCUT2D eigenvalue weighted by Crippen LogP contribution is -2.21. The Kier molecular flexibility index (Phi) is 3.85. The molecule has 0 saturated heterocycles. The number of amides is 1. The fourth-order valence-electron chi connectivity index (χ4n) is 1.62. The molecule has 0 fully saturated rings. The SMILES string of the molecule is CCC(=O)Nc1nc2ccc(Cl)nc2n1CC(F)(F)F. The molecule has 1 N–H and O–H groups in total. The Morgan fingerprint density at radius 2 is 2.10 bits per heavy atom. The first-order chi connectivity index (χ1) is 9.30. The number of aromatic nitrogens is 3. The lowest BCUT2D eigenvalue weighted by Gasteiger charge is -2.11. The number of imidazole rings is 1. The summed E-state index contributed by atoms with van der Waals surface area (Å²) in [4.78, 5) is 19.1. The van der Waals surface area contributed by atoms with Crippen LogP contribution in [-0.4, -0.2) is 26.6 Å². The molecular weight excluding hydrogens is 297 g/mol. The van der Waals surface area contributed by atoms with E-state index in [0.717, 1.165) is 4.57 Å². The number of fused-ring (bicyclic) bond motifs is 1. The smallest absolute Gasteiger partial charge is 0.296 e. The number of nitrogens with one attached hydrogen (secondary N) is 1. The molecule has 2 aromatic heterocycles. The molecule has 5 nitrogen and oxygen atoms in total. The third kappa shape index (κ3) is 3.19. The van der Waals surface area contributed by atoms with Crippen molar-refractivity contribution in [2.24, 2.45) is 0 Å². The van der Waals surface area contributed by atoms with Crippen molar-refractivity contribution in [2.75, 3.05) is 5.32 Å². The molecule has 0 bridgehead atoms. The molecule has 0 aliphatic heterocycles. The maximum absolute atomic E-state index is 12.6. The number of carbonyl (C=O) groups is 1. The number of hydrogen-bond acceptors (Lipinski definition) is 3. The Labute approximate surface area is 116 Å². The minimum Gasteiger partial charge on any atom is -0.296 e. The predicted molar refractivity (Wildman–Crippen MR) is 67.5 cm³/mol. The lowest BCUT2D eigenvalue weighted by atomic mass is 10.4. The van der Waals surface area contributed by atoms with Crippen LogP contribution in [0.2, 0.25) is 5.15 Å². The molecule has 0 aliphatic carbocycles. The maximum atomic E-state index is 12.6. The second kappa shape index (κ2) is 5.28. The molecule has 108 valence electrons. The van der Waals surface area contributed by atoms with Crippen molar-refractivity contribution in [1.82, 2.24) is 14.5 Å². The summed E-state index contributed by atoms with van der Waals surface area (Å²) in [6, 6.07) is 2.86. The molecule has 0 aliphatic rings. The molecule has 9 heteroatoms. The first-order valence-corrected chi connectivity index (χ1v) is 6.07. The Hall–Kier alpha value is -1.83. The van der Waals surface area contributed by atoms with E-state index in [0.29, 0.717) is 0 Å². The summed E-state index contributed by atoms with van der Waals surface area (Å²) in [6.45, 7) is 0.275. The highest BCUT2D eigenvalue weighted by molar-refractivity contribution is 6.29. The van der Waals surface area contributed by atoms with Crippen molar-refractivity contribution in [3.8, 4) is 0 Å². The quantitative estimate of drug-likeness (QED) is 0.887. The zero-order valence-electron chi connectivity index (χ0n) is 10.3. The van der Waals surface area contributed by atoms with Crippen LogP contribution in [0.5, 0.6) is 0 Å². The van der Waals surface area contributed by atoms with Gasteiger partial charge in [-0.3, -0.25) is 14.7 Å². The van der Waals surface area contributed by atoms with Crippen molar-refractivity contribution in [3.05, 3.63) is 17.3 Å². The van der Waals surface area contributed by atoms with E-state index in [1.165, 1.54) is 12.1 Å². The van der Waals surface area contributed by atoms with Crippen LogP contribution < -0.4 is 5.32 Å². The second-order valence-electron chi connectivity index (χ2n) is 4.02. The van der Waals surface area contributed by atoms with Crippen LogP contribution in [0, 0.1) is 0 Å². The Morgan fingerprint density at radius 3 is 2.70 bits per heavy atom. The zero-order chi connectivity index (χ0) is 14.9. The van der Waals surface area contributed by atoms with Crippen LogP contribution in [0.1, 0.15) is 13.3 Å². The van der Waals surface area contributed by atoms with Crippen molar-refractivity contribution >= 4 is 34.6 Å². The van der Waals surface area contributed by atoms with Crippen LogP contribution in [0.25, 0.3) is 11.2 Å². The highest BCUT2D eigenvalue weighted by atomic mass is 35.5. The van der Waals surface area contributed by atoms with Crippen molar-refractivity contribution in [1.29, 1.82) is 0 Å². The van der Waals surface area contributed by atoms with Crippen molar-refractivity contribution < 1.29 is 18.0 Å². The van der Waals surface area contributed by atoms with E-state index in [-0.39, 0.29) is 28.7 Å². The van der Waals surface area contributed by atoms with E-state index < -0.39 is 18.6 Å². The molecule has 0 spiro atoms. The van der Waals surface area contributed by atoms with Crippen LogP contribution >= 0.6 is 11.6 Å². The van der Waals surface area contributed by atoms with E-state index in [1.54, 1.807) is 6.92 Å². The summed E-state index contributed by atoms with van der Waals surface area (Å²) < 4.78 is 38.7. The van der Waals surface area contributed by atoms with Crippen LogP contribution in [0.3, 0.4) is 0 Å². The monoisotopic (exact) mass is 306 g/mol. The van der Waals surface area contributed by atoms with Gasteiger partial charge in [-0.15, -0.1) is 0 Å². The van der Waals surface area contributed by atoms with E-state index in [2.05, 4.69) is 15.3 Å². The first kappa shape index (κ1) is 14.6. The lowest BCUT2D eigenvalue weighted by molar-refractivity contribution is -0.139. The number of carbonyl (C=O) groups excluding carboxylic acids is 1. The Bertz CT molecular complexity index is 653. The molecule has 20 heavy (non-hydrogen) atoms. The highest BCUT2D eigenvalue weighted by Gasteiger charge is 2.31. The summed E-state index contributed by atoms with van der Waals surface area (Å²) >= 11 is 5.68. The van der Waals surface area contributed by atoms with E-state index in [9.17, 15) is 18.0 Å². The molecule has 2 rings (SSSR count). The molecule has 0 unspecified atom stereocenters. The van der Waals surface area contributed by atoms with E-state index in [4.69, 9.17) is 11.6 Å². The van der Waals surface area contributed by atoms with Gasteiger partial charge < -0.3 is 0 Å². The van der Waals surface area contributed by atoms with Crippen LogP contribution in [0.15, 0.2) is 12.1 Å². The minimum absolute atomic E-state index is 0.0266. The number of hydrogen-bond donors (Lipinski definition) is 1. The van der Waals surface area contributed by atoms with E-state index >= 15 is 0 Å². The predicted octanol–water partition coefficient (Wildman–Crippen LogP) is 3.00. The number of halogens is 4. The normalized spacial score (nSPS) is 11.8. The molecule has 0 aromatic carbocycles. The summed E-state index contributed by atoms with van der Waals surface area (Å²) in [5, 5.41) is 2.37. The minimum atomic E-state index is -4.47. The molecule has 2 aromatic rings. The van der Waals surface area contributed by atoms with Gasteiger partial charge in [-0.1, -0.05) is 18.5 Å². The van der Waals surface area contributed by atoms with Crippen LogP contribution in [0.4, 0.5) is 19.1 Å². The molecular formula is C11H10ClF3N4O. The summed E-state index contributed by atoms with van der Waals surface area (Å²) in [6.07, 6.45) is -4.34. The summed E-state index contributed by atoms with van der Waals surface area (Å²) in [7, 11) is 0. The molecule has 2 heterocycles. The van der Waals surface area contributed by atoms with Crippen molar-refractivity contribution in [2.45, 2.75) is 26.1 Å². The highest BCUT2D eigenvalue weighted by Crippen LogP contribution is 2.25. The Balaban J connectivity index is 2.54. The Morgan fingerprint density at radius 1 is 1.40 bits per heavy atom. The van der Waals surface area contributed by atoms with Crippen molar-refractivity contribution in [3.63, 3.8) is 0 Å². The zero-order valence-corrected chi connectivity index (χ0v) is 11.1. The fourth-order valence-corrected chi connectivity index (χ4v) is 1.76. The standard InChI is InChI=1S/C11H10ClF3N4O/c1-2-8(20)18-10-16-6-3-4-7(12)17-9(6)19(10)5-11(13,14)15/h3-4H,2,5H2,1H3,(H,16,18,20). The average Bonchev–Trinajstić information content (AvgIpc) is 2.65. The first-order valence-electron chi connectivity index (χ1n) is 5.69. The number of anilines is 1. The third-order valence-corrected chi connectivity index (χ3v) is 2.68. The fraction of sp³-hybridized carbons (Fsp3) is 0.364. The number of alkyl halides is 3. The third-order valence-electron chi connectivity index (χ3n) is 2.47. The van der Waals surface area contributed by atoms with Crippen LogP contribution in [-0.2, 0) is 11.3 Å². The van der Waals surface area contributed by atoms with Gasteiger partial charge in [-0.2, -0.15) is 13.2 Å². The van der Waals surface area contributed by atoms with E-state index in [1.807, 2.05) is 0 Å². The van der Waals surface area contributed by atoms with Gasteiger partial charge in [-0.25, -0.2) is 9.97 Å². The van der Waals surface area contributed by atoms with Gasteiger partial charge in [0.2, 0.25) is 11.9 Å². The molecule has 1 amide bonds. The van der Waals surface area contributed by atoms with Gasteiger partial charge in [0.05, 0.1) is 0 Å². The second-order valence-corrected chi connectivity index (χ2v) is 4.40. The molecule has 0 saturated carbocycles. The van der Waals surface area contributed by atoms with Gasteiger partial charge in [0.25, 0.3) is 0 Å². The van der Waals surface area contributed by atoms with Gasteiger partial charge in [0, 0.05) is 6.42 Å². The van der Waals surface area contributed by atoms with Gasteiger partial charge in [0.15, 0.2) is 5.65 Å². The topological polar surface area (TPSA) is 59.8 Å². The summed E-state index contributed by atoms with van der Waals surface area (Å²) in [5.74, 6) is -0.631. The molecule has 0 radical (unpaired) electrons. The summed E-state index contributed by atoms with van der Waals surface area (Å²) in [5.41, 5.74) is 0.200. The number of pyridine rings is 1. The average molecular weight is 307 g/mol. The van der Waals surface area contributed by atoms with Gasteiger partial charge in [0.1, 0.15) is 17.2 Å². The molecule has 0 atom stereocenters. The number of nitrogens with zero attached hydrogens (tertiary/aromatic N) is 3. The van der Waals surface area contributed by atoms with Gasteiger partial charge in [-0.05, 0) is 12.1 Å². The maximum Gasteiger partial charge on any atom is 0.406 e. The van der Waals surface area contributed by atoms with Gasteiger partial charge >= 0.3 is 6.18 Å². The largest absolute Gasteiger partial charge is 0.406 e.